The largest absolute Gasteiger partial charge is 0.744 e. The van der Waals surface area contributed by atoms with Gasteiger partial charge in [0.25, 0.3) is 5.91 Å². The Balaban J connectivity index is 0.000000221. The van der Waals surface area contributed by atoms with Crippen molar-refractivity contribution in [2.24, 2.45) is 12.8 Å². The van der Waals surface area contributed by atoms with Crippen molar-refractivity contribution in [2.45, 2.75) is 11.8 Å². The van der Waals surface area contributed by atoms with Crippen LogP contribution in [0.1, 0.15) is 15.9 Å². The van der Waals surface area contributed by atoms with Gasteiger partial charge < -0.3 is 15.5 Å². The third kappa shape index (κ3) is 5.60. The van der Waals surface area contributed by atoms with Gasteiger partial charge in [-0.1, -0.05) is 17.7 Å². The van der Waals surface area contributed by atoms with E-state index in [9.17, 15) is 23.0 Å². The fourth-order valence-corrected chi connectivity index (χ4v) is 2.76. The zero-order valence-electron chi connectivity index (χ0n) is 15.3. The Labute approximate surface area is 162 Å². The quantitative estimate of drug-likeness (QED) is 0.394. The molecular formula is C19H19N3O5S. The Morgan fingerprint density at radius 3 is 2.18 bits per heavy atom. The van der Waals surface area contributed by atoms with Gasteiger partial charge in [-0.15, -0.1) is 0 Å². The lowest BCUT2D eigenvalue weighted by atomic mass is 10.1. The van der Waals surface area contributed by atoms with Gasteiger partial charge in [0.15, 0.2) is 18.6 Å². The van der Waals surface area contributed by atoms with E-state index in [0.717, 1.165) is 11.1 Å². The maximum Gasteiger partial charge on any atom is 0.254 e. The molecule has 3 aromatic rings. The summed E-state index contributed by atoms with van der Waals surface area (Å²) in [5, 5.41) is 11.8. The highest BCUT2D eigenvalue weighted by atomic mass is 32.2. The van der Waals surface area contributed by atoms with Crippen LogP contribution in [-0.4, -0.2) is 18.9 Å². The standard InChI is InChI=1S/C12H11N3O2.C7H8O3S/c1-14-6-2-3-9(7-14)11-5-4-10(12(13)16)8-15(11)17;1-6-2-4-7(5-3-6)11(8,9)10/h2-8H,1H3,(H-,13,16);2-5H,1H3,(H,8,9,10). The number of aryl methyl sites for hydroxylation is 2. The van der Waals surface area contributed by atoms with Crippen LogP contribution >= 0.6 is 0 Å². The summed E-state index contributed by atoms with van der Waals surface area (Å²) in [7, 11) is -2.40. The topological polar surface area (TPSA) is 131 Å². The van der Waals surface area contributed by atoms with E-state index in [2.05, 4.69) is 0 Å². The van der Waals surface area contributed by atoms with E-state index in [1.54, 1.807) is 24.3 Å². The van der Waals surface area contributed by atoms with Gasteiger partial charge in [0.2, 0.25) is 5.69 Å². The molecule has 9 heteroatoms. The number of primary amides is 1. The molecule has 0 fully saturated rings. The number of nitrogens with zero attached hydrogens (tertiary/aromatic N) is 2. The highest BCUT2D eigenvalue weighted by Crippen LogP contribution is 2.13. The fourth-order valence-electron chi connectivity index (χ4n) is 2.29. The van der Waals surface area contributed by atoms with Gasteiger partial charge >= 0.3 is 0 Å². The monoisotopic (exact) mass is 401 g/mol. The van der Waals surface area contributed by atoms with Crippen LogP contribution in [0.3, 0.4) is 0 Å². The normalized spacial score (nSPS) is 10.7. The summed E-state index contributed by atoms with van der Waals surface area (Å²) < 4.78 is 33.7. The highest BCUT2D eigenvalue weighted by molar-refractivity contribution is 7.85. The lowest BCUT2D eigenvalue weighted by Crippen LogP contribution is -2.33. The highest BCUT2D eigenvalue weighted by Gasteiger charge is 2.14. The molecule has 2 heterocycles. The third-order valence-electron chi connectivity index (χ3n) is 3.74. The first kappa shape index (κ1) is 21.0. The van der Waals surface area contributed by atoms with Crippen molar-refractivity contribution >= 4 is 16.0 Å². The van der Waals surface area contributed by atoms with Gasteiger partial charge in [-0.05, 0) is 31.2 Å². The summed E-state index contributed by atoms with van der Waals surface area (Å²) in [6, 6.07) is 12.6. The zero-order valence-corrected chi connectivity index (χ0v) is 16.1. The molecule has 2 aromatic heterocycles. The zero-order chi connectivity index (χ0) is 20.9. The SMILES string of the molecule is C[n+]1cccc(-c2ccc(C(N)=O)c[n+]2[O-])c1.Cc1ccc(S(=O)(=O)[O-])cc1. The average Bonchev–Trinajstić information content (AvgIpc) is 2.61. The Bertz CT molecular complexity index is 1100. The number of hydrogen-bond donors (Lipinski definition) is 1. The number of rotatable bonds is 3. The molecule has 3 rings (SSSR count). The van der Waals surface area contributed by atoms with Crippen molar-refractivity contribution in [3.63, 3.8) is 0 Å². The van der Waals surface area contributed by atoms with Crippen molar-refractivity contribution in [2.75, 3.05) is 0 Å². The molecule has 1 amide bonds. The van der Waals surface area contributed by atoms with E-state index in [1.807, 2.05) is 43.1 Å². The summed E-state index contributed by atoms with van der Waals surface area (Å²) in [6.45, 7) is 1.82. The molecule has 28 heavy (non-hydrogen) atoms. The van der Waals surface area contributed by atoms with Gasteiger partial charge in [0.05, 0.1) is 4.90 Å². The second-order valence-corrected chi connectivity index (χ2v) is 7.40. The van der Waals surface area contributed by atoms with Crippen molar-refractivity contribution in [1.29, 1.82) is 0 Å². The summed E-state index contributed by atoms with van der Waals surface area (Å²) in [4.78, 5) is 10.7. The molecule has 0 saturated carbocycles. The van der Waals surface area contributed by atoms with Crippen LogP contribution < -0.4 is 15.0 Å². The molecule has 0 atom stereocenters. The number of nitrogens with two attached hydrogens (primary N) is 1. The lowest BCUT2D eigenvalue weighted by molar-refractivity contribution is -0.671. The molecule has 0 aliphatic carbocycles. The number of benzene rings is 1. The van der Waals surface area contributed by atoms with Crippen LogP contribution in [0.5, 0.6) is 0 Å². The maximum absolute atomic E-state index is 11.8. The van der Waals surface area contributed by atoms with E-state index in [4.69, 9.17) is 5.73 Å². The van der Waals surface area contributed by atoms with Gasteiger partial charge in [-0.25, -0.2) is 13.0 Å². The molecule has 0 unspecified atom stereocenters. The molecule has 0 aliphatic heterocycles. The van der Waals surface area contributed by atoms with E-state index in [0.29, 0.717) is 10.4 Å². The van der Waals surface area contributed by atoms with Crippen molar-refractivity contribution in [3.05, 3.63) is 83.5 Å². The van der Waals surface area contributed by atoms with Crippen molar-refractivity contribution in [1.82, 2.24) is 0 Å². The summed E-state index contributed by atoms with van der Waals surface area (Å²) in [5.74, 6) is -0.611. The van der Waals surface area contributed by atoms with Gasteiger partial charge in [-0.3, -0.25) is 4.79 Å². The number of aromatic nitrogens is 2. The second kappa shape index (κ2) is 8.59. The van der Waals surface area contributed by atoms with E-state index >= 15 is 0 Å². The molecule has 8 nitrogen and oxygen atoms in total. The molecule has 0 radical (unpaired) electrons. The minimum atomic E-state index is -4.27. The molecule has 2 N–H and O–H groups in total. The van der Waals surface area contributed by atoms with Crippen LogP contribution in [0.25, 0.3) is 11.3 Å². The van der Waals surface area contributed by atoms with Gasteiger partial charge in [-0.2, -0.15) is 4.73 Å². The minimum Gasteiger partial charge on any atom is -0.744 e. The predicted octanol–water partition coefficient (Wildman–Crippen LogP) is 0.810. The number of carbonyl (C=O) groups is 1. The number of amides is 1. The van der Waals surface area contributed by atoms with E-state index < -0.39 is 16.0 Å². The summed E-state index contributed by atoms with van der Waals surface area (Å²) in [5.41, 5.74) is 7.48. The Morgan fingerprint density at radius 1 is 1.04 bits per heavy atom. The van der Waals surface area contributed by atoms with Gasteiger partial charge in [0, 0.05) is 12.1 Å². The summed E-state index contributed by atoms with van der Waals surface area (Å²) >= 11 is 0. The Morgan fingerprint density at radius 2 is 1.68 bits per heavy atom. The molecule has 0 bridgehead atoms. The van der Waals surface area contributed by atoms with Crippen LogP contribution in [0.4, 0.5) is 0 Å². The van der Waals surface area contributed by atoms with E-state index in [-0.39, 0.29) is 10.5 Å². The van der Waals surface area contributed by atoms with Crippen LogP contribution in [0, 0.1) is 12.1 Å². The van der Waals surface area contributed by atoms with Crippen molar-refractivity contribution < 1.29 is 27.1 Å². The molecule has 146 valence electrons. The first-order valence-corrected chi connectivity index (χ1v) is 9.50. The number of hydrogen-bond acceptors (Lipinski definition) is 5. The van der Waals surface area contributed by atoms with Crippen molar-refractivity contribution in [3.8, 4) is 11.3 Å². The smallest absolute Gasteiger partial charge is 0.254 e. The van der Waals surface area contributed by atoms with Crippen LogP contribution in [0.15, 0.2) is 72.0 Å². The number of pyridine rings is 2. The second-order valence-electron chi connectivity index (χ2n) is 6.02. The minimum absolute atomic E-state index is 0.178. The Hall–Kier alpha value is -3.30. The predicted molar refractivity (Wildman–Crippen MR) is 99.7 cm³/mol. The first-order valence-electron chi connectivity index (χ1n) is 8.09. The average molecular weight is 401 g/mol. The van der Waals surface area contributed by atoms with E-state index in [1.165, 1.54) is 18.3 Å². The summed E-state index contributed by atoms with van der Waals surface area (Å²) in [6.07, 6.45) is 4.88. The molecule has 0 saturated heterocycles. The molecule has 0 spiro atoms. The molecular weight excluding hydrogens is 382 g/mol. The first-order chi connectivity index (χ1) is 13.1. The maximum atomic E-state index is 11.8. The molecule has 0 aliphatic rings. The van der Waals surface area contributed by atoms with Crippen LogP contribution in [0.2, 0.25) is 0 Å². The third-order valence-corrected chi connectivity index (χ3v) is 4.59. The van der Waals surface area contributed by atoms with Gasteiger partial charge in [0.1, 0.15) is 28.3 Å². The fraction of sp³-hybridized carbons (Fsp3) is 0.105. The van der Waals surface area contributed by atoms with Crippen LogP contribution in [-0.2, 0) is 17.2 Å². The molecule has 1 aromatic carbocycles. The Kier molecular flexibility index (Phi) is 6.45. The number of carbonyl (C=O) groups excluding carboxylic acids is 1. The lowest BCUT2D eigenvalue weighted by Gasteiger charge is -2.05.